The lowest BCUT2D eigenvalue weighted by molar-refractivity contribution is -0.116. The molecule has 1 aromatic heterocycles. The first-order valence-corrected chi connectivity index (χ1v) is 8.91. The van der Waals surface area contributed by atoms with E-state index in [1.807, 2.05) is 11.8 Å². The normalized spacial score (nSPS) is 17.2. The fraction of sp³-hybridized carbons (Fsp3) is 0.294. The highest BCUT2D eigenvalue weighted by molar-refractivity contribution is 7.99. The van der Waals surface area contributed by atoms with Crippen LogP contribution in [0.3, 0.4) is 0 Å². The number of nitrogens with one attached hydrogen (secondary N) is 3. The third-order valence-electron chi connectivity index (χ3n) is 3.62. The summed E-state index contributed by atoms with van der Waals surface area (Å²) in [5, 5.41) is 8.99. The quantitative estimate of drug-likeness (QED) is 0.776. The molecule has 0 bridgehead atoms. The van der Waals surface area contributed by atoms with Crippen molar-refractivity contribution < 1.29 is 14.0 Å². The molecule has 6 nitrogen and oxygen atoms in total. The van der Waals surface area contributed by atoms with Gasteiger partial charge in [-0.05, 0) is 24.3 Å². The molecule has 0 radical (unpaired) electrons. The van der Waals surface area contributed by atoms with Crippen LogP contribution in [0.5, 0.6) is 0 Å². The summed E-state index contributed by atoms with van der Waals surface area (Å²) in [4.78, 5) is 24.1. The molecule has 0 aliphatic carbocycles. The molecule has 24 heavy (non-hydrogen) atoms. The van der Waals surface area contributed by atoms with Crippen LogP contribution < -0.4 is 16.0 Å². The molecule has 7 heteroatoms. The molecule has 2 aromatic rings. The Morgan fingerprint density at radius 1 is 1.25 bits per heavy atom. The molecule has 0 saturated carbocycles. The van der Waals surface area contributed by atoms with Crippen molar-refractivity contribution in [3.63, 3.8) is 0 Å². The van der Waals surface area contributed by atoms with Crippen LogP contribution in [0.4, 0.5) is 11.4 Å². The van der Waals surface area contributed by atoms with Gasteiger partial charge in [0.2, 0.25) is 5.91 Å². The number of thioether (sulfide) groups is 1. The van der Waals surface area contributed by atoms with E-state index < -0.39 is 0 Å². The van der Waals surface area contributed by atoms with E-state index >= 15 is 0 Å². The Morgan fingerprint density at radius 3 is 2.79 bits per heavy atom. The number of furan rings is 1. The van der Waals surface area contributed by atoms with Crippen molar-refractivity contribution in [3.8, 4) is 0 Å². The second-order valence-electron chi connectivity index (χ2n) is 5.53. The molecule has 1 atom stereocenters. The number of anilines is 2. The van der Waals surface area contributed by atoms with Gasteiger partial charge in [-0.1, -0.05) is 6.07 Å². The van der Waals surface area contributed by atoms with E-state index in [4.69, 9.17) is 4.42 Å². The van der Waals surface area contributed by atoms with Gasteiger partial charge in [-0.15, -0.1) is 0 Å². The summed E-state index contributed by atoms with van der Waals surface area (Å²) in [7, 11) is 0. The summed E-state index contributed by atoms with van der Waals surface area (Å²) in [6.45, 7) is 0.943. The van der Waals surface area contributed by atoms with Crippen LogP contribution in [0.1, 0.15) is 16.8 Å². The van der Waals surface area contributed by atoms with Gasteiger partial charge in [0.25, 0.3) is 5.91 Å². The van der Waals surface area contributed by atoms with Gasteiger partial charge in [0, 0.05) is 41.9 Å². The van der Waals surface area contributed by atoms with Crippen LogP contribution in [-0.4, -0.2) is 35.9 Å². The monoisotopic (exact) mass is 345 g/mol. The van der Waals surface area contributed by atoms with Crippen LogP contribution in [-0.2, 0) is 4.79 Å². The highest BCUT2D eigenvalue weighted by atomic mass is 32.2. The average Bonchev–Trinajstić information content (AvgIpc) is 3.10. The molecular formula is C17H19N3O3S. The maximum absolute atomic E-state index is 12.1. The average molecular weight is 345 g/mol. The van der Waals surface area contributed by atoms with E-state index in [2.05, 4.69) is 16.0 Å². The van der Waals surface area contributed by atoms with Gasteiger partial charge < -0.3 is 20.4 Å². The first-order valence-electron chi connectivity index (χ1n) is 7.75. The SMILES string of the molecule is O=C(CC1CSCCN1)Nc1cccc(NC(=O)c2ccoc2)c1. The molecule has 2 amide bonds. The number of carbonyl (C=O) groups is 2. The minimum absolute atomic E-state index is 0.0340. The van der Waals surface area contributed by atoms with Gasteiger partial charge in [-0.3, -0.25) is 9.59 Å². The number of benzene rings is 1. The Bertz CT molecular complexity index is 697. The van der Waals surface area contributed by atoms with E-state index in [9.17, 15) is 9.59 Å². The van der Waals surface area contributed by atoms with Crippen LogP contribution in [0.2, 0.25) is 0 Å². The smallest absolute Gasteiger partial charge is 0.258 e. The molecule has 126 valence electrons. The van der Waals surface area contributed by atoms with E-state index in [0.29, 0.717) is 23.4 Å². The predicted molar refractivity (Wildman–Crippen MR) is 95.5 cm³/mol. The number of rotatable bonds is 5. The fourth-order valence-corrected chi connectivity index (χ4v) is 3.41. The minimum Gasteiger partial charge on any atom is -0.472 e. The molecule has 1 aliphatic heterocycles. The van der Waals surface area contributed by atoms with E-state index in [-0.39, 0.29) is 17.9 Å². The van der Waals surface area contributed by atoms with Gasteiger partial charge in [0.15, 0.2) is 0 Å². The Kier molecular flexibility index (Phi) is 5.55. The first-order chi connectivity index (χ1) is 11.7. The standard InChI is InChI=1S/C17H19N3O3S/c21-16(9-15-11-24-7-5-18-15)19-13-2-1-3-14(8-13)20-17(22)12-4-6-23-10-12/h1-4,6,8,10,15,18H,5,7,9,11H2,(H,19,21)(H,20,22). The lowest BCUT2D eigenvalue weighted by Gasteiger charge is -2.22. The van der Waals surface area contributed by atoms with Crippen molar-refractivity contribution in [1.29, 1.82) is 0 Å². The molecular weight excluding hydrogens is 326 g/mol. The third-order valence-corrected chi connectivity index (χ3v) is 4.75. The summed E-state index contributed by atoms with van der Waals surface area (Å²) in [5.41, 5.74) is 1.73. The molecule has 1 aromatic carbocycles. The summed E-state index contributed by atoms with van der Waals surface area (Å²) in [5.74, 6) is 1.76. The van der Waals surface area contributed by atoms with Crippen LogP contribution in [0.25, 0.3) is 0 Å². The topological polar surface area (TPSA) is 83.4 Å². The molecule has 1 saturated heterocycles. The minimum atomic E-state index is -0.254. The number of amides is 2. The van der Waals surface area contributed by atoms with Gasteiger partial charge in [-0.25, -0.2) is 0 Å². The van der Waals surface area contributed by atoms with Gasteiger partial charge >= 0.3 is 0 Å². The number of hydrogen-bond acceptors (Lipinski definition) is 5. The largest absolute Gasteiger partial charge is 0.472 e. The van der Waals surface area contributed by atoms with Gasteiger partial charge in [0.1, 0.15) is 6.26 Å². The molecule has 2 heterocycles. The number of hydrogen-bond donors (Lipinski definition) is 3. The van der Waals surface area contributed by atoms with Crippen LogP contribution >= 0.6 is 11.8 Å². The van der Waals surface area contributed by atoms with E-state index in [1.165, 1.54) is 12.5 Å². The summed E-state index contributed by atoms with van der Waals surface area (Å²) in [6.07, 6.45) is 3.28. The van der Waals surface area contributed by atoms with E-state index in [0.717, 1.165) is 18.1 Å². The van der Waals surface area contributed by atoms with Gasteiger partial charge in [-0.2, -0.15) is 11.8 Å². The zero-order valence-electron chi connectivity index (χ0n) is 13.1. The van der Waals surface area contributed by atoms with Crippen molar-refractivity contribution in [1.82, 2.24) is 5.32 Å². The maximum atomic E-state index is 12.1. The lowest BCUT2D eigenvalue weighted by atomic mass is 10.2. The Hall–Kier alpha value is -2.25. The van der Waals surface area contributed by atoms with E-state index in [1.54, 1.807) is 30.3 Å². The Labute approximate surface area is 144 Å². The molecule has 3 N–H and O–H groups in total. The predicted octanol–water partition coefficient (Wildman–Crippen LogP) is 2.57. The molecule has 1 aliphatic rings. The molecule has 0 spiro atoms. The highest BCUT2D eigenvalue weighted by Crippen LogP contribution is 2.17. The van der Waals surface area contributed by atoms with Crippen LogP contribution in [0, 0.1) is 0 Å². The summed E-state index contributed by atoms with van der Waals surface area (Å²) in [6, 6.07) is 8.90. The second-order valence-corrected chi connectivity index (χ2v) is 6.68. The van der Waals surface area contributed by atoms with Crippen molar-refractivity contribution in [2.75, 3.05) is 28.7 Å². The second kappa shape index (κ2) is 8.03. The lowest BCUT2D eigenvalue weighted by Crippen LogP contribution is -2.39. The number of carbonyl (C=O) groups excluding carboxylic acids is 2. The molecule has 1 unspecified atom stereocenters. The van der Waals surface area contributed by atoms with Crippen molar-refractivity contribution in [2.24, 2.45) is 0 Å². The molecule has 3 rings (SSSR count). The van der Waals surface area contributed by atoms with Crippen LogP contribution in [0.15, 0.2) is 47.3 Å². The first kappa shape index (κ1) is 16.6. The Balaban J connectivity index is 1.56. The Morgan fingerprint density at radius 2 is 2.08 bits per heavy atom. The fourth-order valence-electron chi connectivity index (χ4n) is 2.46. The summed E-state index contributed by atoms with van der Waals surface area (Å²) < 4.78 is 4.90. The third kappa shape index (κ3) is 4.62. The van der Waals surface area contributed by atoms with Crippen molar-refractivity contribution in [2.45, 2.75) is 12.5 Å². The van der Waals surface area contributed by atoms with Crippen molar-refractivity contribution in [3.05, 3.63) is 48.4 Å². The van der Waals surface area contributed by atoms with Crippen molar-refractivity contribution >= 4 is 35.0 Å². The zero-order valence-corrected chi connectivity index (χ0v) is 13.9. The summed E-state index contributed by atoms with van der Waals surface area (Å²) >= 11 is 1.86. The highest BCUT2D eigenvalue weighted by Gasteiger charge is 2.16. The zero-order chi connectivity index (χ0) is 16.8. The molecule has 1 fully saturated rings. The maximum Gasteiger partial charge on any atom is 0.258 e. The van der Waals surface area contributed by atoms with Gasteiger partial charge in [0.05, 0.1) is 11.8 Å².